The van der Waals surface area contributed by atoms with Crippen molar-refractivity contribution >= 4 is 7.32 Å². The predicted molar refractivity (Wildman–Crippen MR) is 54.3 cm³/mol. The topological polar surface area (TPSA) is 55.4 Å². The Morgan fingerprint density at radius 2 is 1.56 bits per heavy atom. The lowest BCUT2D eigenvalue weighted by atomic mass is 10.2. The van der Waals surface area contributed by atoms with Crippen molar-refractivity contribution in [3.8, 4) is 0 Å². The number of rotatable bonds is 8. The fraction of sp³-hybridized carbons (Fsp3) is 0.333. The van der Waals surface area contributed by atoms with Gasteiger partial charge in [0, 0.05) is 0 Å². The van der Waals surface area contributed by atoms with Gasteiger partial charge in [-0.1, -0.05) is 30.3 Å². The molecule has 0 saturated heterocycles. The highest BCUT2D eigenvalue weighted by Crippen LogP contribution is 2.02. The van der Waals surface area contributed by atoms with Crippen molar-refractivity contribution in [2.24, 2.45) is 0 Å². The van der Waals surface area contributed by atoms with E-state index in [1.807, 2.05) is 30.3 Å². The second-order valence-corrected chi connectivity index (χ2v) is 2.66. The van der Waals surface area contributed by atoms with E-state index in [4.69, 9.17) is 9.69 Å². The van der Waals surface area contributed by atoms with Gasteiger partial charge >= 0.3 is 7.32 Å². The highest BCUT2D eigenvalue weighted by molar-refractivity contribution is 6.35. The molecule has 1 rings (SSSR count). The third-order valence-electron chi connectivity index (χ3n) is 1.56. The van der Waals surface area contributed by atoms with E-state index in [1.54, 1.807) is 0 Å². The minimum atomic E-state index is -1.20. The van der Waals surface area contributed by atoms with Gasteiger partial charge in [0.05, 0.1) is 14.2 Å². The van der Waals surface area contributed by atoms with E-state index in [0.29, 0.717) is 0 Å². The highest BCUT2D eigenvalue weighted by Gasteiger charge is 2.25. The van der Waals surface area contributed by atoms with Crippen LogP contribution in [0.25, 0.3) is 0 Å². The van der Waals surface area contributed by atoms with Crippen molar-refractivity contribution in [1.29, 1.82) is 0 Å². The van der Waals surface area contributed by atoms with Crippen LogP contribution in [-0.2, 0) is 35.7 Å². The smallest absolute Gasteiger partial charge is 0.251 e. The third-order valence-corrected chi connectivity index (χ3v) is 1.56. The lowest BCUT2D eigenvalue weighted by Crippen LogP contribution is -2.26. The second-order valence-electron chi connectivity index (χ2n) is 2.66. The molecule has 7 heteroatoms. The van der Waals surface area contributed by atoms with Crippen LogP contribution in [-0.4, -0.2) is 21.5 Å². The summed E-state index contributed by atoms with van der Waals surface area (Å²) in [6.45, 7) is 0.261. The summed E-state index contributed by atoms with van der Waals surface area (Å²) in [5.74, 6) is 0. The molecule has 0 N–H and O–H groups in total. The fourth-order valence-electron chi connectivity index (χ4n) is 0.937. The molecular formula is C9H13BO6. The quantitative estimate of drug-likeness (QED) is 0.379. The molecule has 0 aliphatic rings. The van der Waals surface area contributed by atoms with Crippen LogP contribution in [0.3, 0.4) is 0 Å². The largest absolute Gasteiger partial charge is 0.725 e. The minimum Gasteiger partial charge on any atom is -0.251 e. The van der Waals surface area contributed by atoms with Crippen LogP contribution in [0, 0.1) is 0 Å². The second kappa shape index (κ2) is 8.23. The summed E-state index contributed by atoms with van der Waals surface area (Å²) in [6.07, 6.45) is 0. The van der Waals surface area contributed by atoms with Gasteiger partial charge in [0.25, 0.3) is 0 Å². The van der Waals surface area contributed by atoms with Crippen molar-refractivity contribution in [3.05, 3.63) is 35.9 Å². The maximum atomic E-state index is 4.88. The van der Waals surface area contributed by atoms with E-state index in [-0.39, 0.29) is 6.61 Å². The Labute approximate surface area is 93.9 Å². The average Bonchev–Trinajstić information content (AvgIpc) is 2.31. The van der Waals surface area contributed by atoms with Crippen LogP contribution in [0.15, 0.2) is 30.3 Å². The molecule has 0 radical (unpaired) electrons. The molecule has 16 heavy (non-hydrogen) atoms. The van der Waals surface area contributed by atoms with Gasteiger partial charge in [-0.15, -0.1) is 0 Å². The first kappa shape index (κ1) is 13.1. The monoisotopic (exact) mass is 228 g/mol. The summed E-state index contributed by atoms with van der Waals surface area (Å²) in [5, 5.41) is 0. The Balaban J connectivity index is 2.22. The molecule has 0 aliphatic heterocycles. The summed E-state index contributed by atoms with van der Waals surface area (Å²) in [4.78, 5) is 27.4. The molecule has 1 aromatic rings. The number of hydrogen-bond acceptors (Lipinski definition) is 6. The van der Waals surface area contributed by atoms with Gasteiger partial charge in [-0.25, -0.2) is 19.3 Å². The van der Waals surface area contributed by atoms with E-state index in [9.17, 15) is 0 Å². The molecule has 0 bridgehead atoms. The minimum absolute atomic E-state index is 0.261. The van der Waals surface area contributed by atoms with Crippen LogP contribution >= 0.6 is 0 Å². The maximum absolute atomic E-state index is 4.88. The number of hydrogen-bond donors (Lipinski definition) is 0. The molecule has 0 aliphatic carbocycles. The lowest BCUT2D eigenvalue weighted by Gasteiger charge is -2.09. The van der Waals surface area contributed by atoms with Crippen LogP contribution < -0.4 is 0 Å². The van der Waals surface area contributed by atoms with E-state index in [0.717, 1.165) is 5.56 Å². The van der Waals surface area contributed by atoms with Gasteiger partial charge in [-0.05, 0) is 5.56 Å². The standard InChI is InChI=1S/C9H13BO6/c1-11-14-10(15-12-2)16-13-8-9-6-4-3-5-7-9/h3-7H,8H2,1-2H3. The summed E-state index contributed by atoms with van der Waals surface area (Å²) in [6, 6.07) is 9.50. The molecule has 0 amide bonds. The van der Waals surface area contributed by atoms with Gasteiger partial charge in [0.15, 0.2) is 0 Å². The normalized spacial score (nSPS) is 10.4. The molecule has 0 atom stereocenters. The Kier molecular flexibility index (Phi) is 6.74. The van der Waals surface area contributed by atoms with Crippen molar-refractivity contribution in [3.63, 3.8) is 0 Å². The third kappa shape index (κ3) is 5.22. The Morgan fingerprint density at radius 1 is 0.938 bits per heavy atom. The van der Waals surface area contributed by atoms with Crippen molar-refractivity contribution < 1.29 is 29.1 Å². The summed E-state index contributed by atoms with van der Waals surface area (Å²) < 4.78 is 0. The molecule has 0 aromatic heterocycles. The van der Waals surface area contributed by atoms with E-state index >= 15 is 0 Å². The van der Waals surface area contributed by atoms with Crippen molar-refractivity contribution in [2.45, 2.75) is 6.61 Å². The first-order valence-electron chi connectivity index (χ1n) is 4.58. The van der Waals surface area contributed by atoms with Gasteiger partial charge in [-0.2, -0.15) is 0 Å². The van der Waals surface area contributed by atoms with Crippen LogP contribution in [0.1, 0.15) is 5.56 Å². The van der Waals surface area contributed by atoms with Crippen LogP contribution in [0.4, 0.5) is 0 Å². The molecule has 0 spiro atoms. The fourth-order valence-corrected chi connectivity index (χ4v) is 0.937. The van der Waals surface area contributed by atoms with Crippen molar-refractivity contribution in [1.82, 2.24) is 0 Å². The summed E-state index contributed by atoms with van der Waals surface area (Å²) in [7, 11) is 1.43. The molecule has 0 saturated carbocycles. The molecule has 6 nitrogen and oxygen atoms in total. The zero-order chi connectivity index (χ0) is 11.6. The molecule has 1 aromatic carbocycles. The first-order chi connectivity index (χ1) is 7.86. The van der Waals surface area contributed by atoms with Crippen LogP contribution in [0.5, 0.6) is 0 Å². The van der Waals surface area contributed by atoms with Gasteiger partial charge in [-0.3, -0.25) is 9.78 Å². The Morgan fingerprint density at radius 3 is 2.12 bits per heavy atom. The number of benzene rings is 1. The summed E-state index contributed by atoms with van der Waals surface area (Å²) in [5.41, 5.74) is 0.955. The zero-order valence-corrected chi connectivity index (χ0v) is 9.12. The first-order valence-corrected chi connectivity index (χ1v) is 4.58. The van der Waals surface area contributed by atoms with E-state index in [1.165, 1.54) is 14.2 Å². The molecular weight excluding hydrogens is 215 g/mol. The Bertz CT molecular complexity index is 264. The van der Waals surface area contributed by atoms with Gasteiger partial charge in [0.2, 0.25) is 0 Å². The predicted octanol–water partition coefficient (Wildman–Crippen LogP) is 1.28. The molecule has 0 heterocycles. The highest BCUT2D eigenvalue weighted by atomic mass is 17.3. The van der Waals surface area contributed by atoms with Gasteiger partial charge in [0.1, 0.15) is 6.61 Å². The summed E-state index contributed by atoms with van der Waals surface area (Å²) >= 11 is 0. The Hall–Kier alpha value is -0.955. The maximum Gasteiger partial charge on any atom is 0.725 e. The van der Waals surface area contributed by atoms with Crippen LogP contribution in [0.2, 0.25) is 0 Å². The van der Waals surface area contributed by atoms with E-state index in [2.05, 4.69) is 19.4 Å². The zero-order valence-electron chi connectivity index (χ0n) is 9.12. The molecule has 88 valence electrons. The lowest BCUT2D eigenvalue weighted by molar-refractivity contribution is -0.338. The van der Waals surface area contributed by atoms with E-state index < -0.39 is 7.32 Å². The average molecular weight is 228 g/mol. The van der Waals surface area contributed by atoms with Gasteiger partial charge < -0.3 is 0 Å². The SMILES string of the molecule is COOB(OOC)OOCc1ccccc1. The molecule has 0 unspecified atom stereocenters. The molecule has 0 fully saturated rings. The van der Waals surface area contributed by atoms with Crippen molar-refractivity contribution in [2.75, 3.05) is 14.2 Å².